The number of ether oxygens (including phenoxy) is 3. The van der Waals surface area contributed by atoms with Gasteiger partial charge >= 0.3 is 0 Å². The lowest BCUT2D eigenvalue weighted by Gasteiger charge is -2.19. The molecule has 0 aliphatic heterocycles. The van der Waals surface area contributed by atoms with Gasteiger partial charge in [0.1, 0.15) is 28.5 Å². The highest BCUT2D eigenvalue weighted by molar-refractivity contribution is 7.91. The number of nitrogens with zero attached hydrogens (tertiary/aromatic N) is 1. The predicted molar refractivity (Wildman–Crippen MR) is 149 cm³/mol. The number of aromatic nitrogens is 1. The average molecular weight is 537 g/mol. The molecule has 0 aliphatic carbocycles. The fourth-order valence-electron chi connectivity index (χ4n) is 4.45. The van der Waals surface area contributed by atoms with Gasteiger partial charge in [0.2, 0.25) is 9.84 Å². The molecule has 0 saturated carbocycles. The van der Waals surface area contributed by atoms with E-state index in [1.54, 1.807) is 49.1 Å². The molecule has 0 radical (unpaired) electrons. The smallest absolute Gasteiger partial charge is 0.222 e. The third-order valence-corrected chi connectivity index (χ3v) is 8.35. The summed E-state index contributed by atoms with van der Waals surface area (Å²) in [6.45, 7) is 6.75. The van der Waals surface area contributed by atoms with Gasteiger partial charge in [0.15, 0.2) is 0 Å². The third-order valence-electron chi connectivity index (χ3n) is 6.52. The van der Waals surface area contributed by atoms with Crippen molar-refractivity contribution in [3.05, 3.63) is 84.1 Å². The van der Waals surface area contributed by atoms with Crippen molar-refractivity contribution in [2.75, 3.05) is 20.8 Å². The Morgan fingerprint density at radius 3 is 2.18 bits per heavy atom. The van der Waals surface area contributed by atoms with E-state index in [1.165, 1.54) is 0 Å². The number of nitrogens with one attached hydrogen (secondary N) is 1. The Morgan fingerprint density at radius 2 is 1.58 bits per heavy atom. The number of pyridine rings is 1. The maximum atomic E-state index is 13.7. The summed E-state index contributed by atoms with van der Waals surface area (Å²) in [4.78, 5) is 0.239. The highest BCUT2D eigenvalue weighted by atomic mass is 32.2. The van der Waals surface area contributed by atoms with E-state index in [-0.39, 0.29) is 17.0 Å². The molecule has 4 rings (SSSR count). The molecule has 2 aromatic heterocycles. The maximum Gasteiger partial charge on any atom is 0.222 e. The summed E-state index contributed by atoms with van der Waals surface area (Å²) in [6.07, 6.45) is 3.10. The zero-order valence-corrected chi connectivity index (χ0v) is 23.4. The number of methoxy groups -OCH3 is 2. The Hall–Kier alpha value is -3.49. The van der Waals surface area contributed by atoms with Crippen LogP contribution in [0.25, 0.3) is 5.52 Å². The molecule has 7 nitrogen and oxygen atoms in total. The van der Waals surface area contributed by atoms with Crippen molar-refractivity contribution >= 4 is 15.4 Å². The second kappa shape index (κ2) is 11.9. The molecule has 4 aromatic rings. The summed E-state index contributed by atoms with van der Waals surface area (Å²) in [5.74, 6) is 2.19. The molecule has 1 N–H and O–H groups in total. The number of hydrogen-bond acceptors (Lipinski definition) is 6. The van der Waals surface area contributed by atoms with E-state index in [9.17, 15) is 8.42 Å². The molecule has 1 atom stereocenters. The van der Waals surface area contributed by atoms with Gasteiger partial charge < -0.3 is 18.6 Å². The summed E-state index contributed by atoms with van der Waals surface area (Å²) in [6, 6.07) is 20.1. The van der Waals surface area contributed by atoms with Gasteiger partial charge in [0.05, 0.1) is 19.1 Å². The largest absolute Gasteiger partial charge is 0.497 e. The van der Waals surface area contributed by atoms with Crippen LogP contribution in [0, 0.1) is 0 Å². The predicted octanol–water partition coefficient (Wildman–Crippen LogP) is 5.86. The van der Waals surface area contributed by atoms with Crippen LogP contribution in [0.2, 0.25) is 0 Å². The Morgan fingerprint density at radius 1 is 0.895 bits per heavy atom. The first-order chi connectivity index (χ1) is 18.3. The normalized spacial score (nSPS) is 12.6. The zero-order valence-electron chi connectivity index (χ0n) is 22.6. The van der Waals surface area contributed by atoms with Crippen molar-refractivity contribution in [2.24, 2.45) is 0 Å². The zero-order chi connectivity index (χ0) is 27.3. The van der Waals surface area contributed by atoms with Crippen LogP contribution in [-0.2, 0) is 16.3 Å². The van der Waals surface area contributed by atoms with Crippen LogP contribution < -0.4 is 19.5 Å². The Kier molecular flexibility index (Phi) is 8.64. The van der Waals surface area contributed by atoms with E-state index >= 15 is 0 Å². The highest BCUT2D eigenvalue weighted by Crippen LogP contribution is 2.32. The minimum Gasteiger partial charge on any atom is -0.497 e. The average Bonchev–Trinajstić information content (AvgIpc) is 3.33. The Labute approximate surface area is 225 Å². The molecule has 0 spiro atoms. The summed E-state index contributed by atoms with van der Waals surface area (Å²) >= 11 is 0. The Balaban J connectivity index is 1.45. The van der Waals surface area contributed by atoms with Gasteiger partial charge in [-0.15, -0.1) is 0 Å². The van der Waals surface area contributed by atoms with Crippen LogP contribution >= 0.6 is 0 Å². The molecule has 0 saturated heterocycles. The van der Waals surface area contributed by atoms with E-state index < -0.39 is 9.84 Å². The van der Waals surface area contributed by atoms with E-state index in [2.05, 4.69) is 5.32 Å². The first-order valence-electron chi connectivity index (χ1n) is 12.8. The van der Waals surface area contributed by atoms with Crippen LogP contribution in [-0.4, -0.2) is 39.8 Å². The molecule has 0 fully saturated rings. The molecule has 1 unspecified atom stereocenters. The van der Waals surface area contributed by atoms with Gasteiger partial charge in [0.25, 0.3) is 0 Å². The van der Waals surface area contributed by atoms with Gasteiger partial charge in [-0.25, -0.2) is 8.42 Å². The fourth-order valence-corrected chi connectivity index (χ4v) is 6.20. The van der Waals surface area contributed by atoms with Crippen molar-refractivity contribution in [1.82, 2.24) is 9.72 Å². The van der Waals surface area contributed by atoms with Gasteiger partial charge in [-0.1, -0.05) is 26.8 Å². The minimum atomic E-state index is -3.73. The number of fused-ring (bicyclic) bond motifs is 1. The number of rotatable bonds is 12. The molecule has 202 valence electrons. The van der Waals surface area contributed by atoms with Crippen LogP contribution in [0.1, 0.15) is 44.2 Å². The minimum absolute atomic E-state index is 0.0664. The maximum absolute atomic E-state index is 13.7. The van der Waals surface area contributed by atoms with Crippen LogP contribution in [0.5, 0.6) is 17.2 Å². The number of benzene rings is 2. The summed E-state index contributed by atoms with van der Waals surface area (Å²) < 4.78 is 46.0. The molecule has 0 bridgehead atoms. The van der Waals surface area contributed by atoms with Crippen LogP contribution in [0.15, 0.2) is 82.8 Å². The third kappa shape index (κ3) is 5.97. The molecule has 2 heterocycles. The van der Waals surface area contributed by atoms with Crippen molar-refractivity contribution in [3.8, 4) is 17.2 Å². The number of hydrogen-bond donors (Lipinski definition) is 1. The SMILES string of the molecule is CCC(NCCc1cc(OC)cc(OC)c1)Oc1ccc(S(=O)(=O)c2c(C(C)C)cc3ccccn23)cc1. The summed E-state index contributed by atoms with van der Waals surface area (Å²) in [5, 5.41) is 3.74. The second-order valence-electron chi connectivity index (χ2n) is 9.47. The topological polar surface area (TPSA) is 78.3 Å². The van der Waals surface area contributed by atoms with Gasteiger partial charge in [-0.2, -0.15) is 0 Å². The highest BCUT2D eigenvalue weighted by Gasteiger charge is 2.27. The quantitative estimate of drug-likeness (QED) is 0.229. The molecule has 8 heteroatoms. The Bertz CT molecular complexity index is 1450. The first-order valence-corrected chi connectivity index (χ1v) is 14.3. The molecule has 0 amide bonds. The first kappa shape index (κ1) is 27.5. The number of sulfone groups is 1. The van der Waals surface area contributed by atoms with Gasteiger partial charge in [-0.3, -0.25) is 5.32 Å². The van der Waals surface area contributed by atoms with Crippen molar-refractivity contribution in [3.63, 3.8) is 0 Å². The van der Waals surface area contributed by atoms with Crippen LogP contribution in [0.3, 0.4) is 0 Å². The van der Waals surface area contributed by atoms with Gasteiger partial charge in [-0.05, 0) is 84.5 Å². The van der Waals surface area contributed by atoms with Gasteiger partial charge in [0, 0.05) is 24.3 Å². The van der Waals surface area contributed by atoms with Crippen molar-refractivity contribution < 1.29 is 22.6 Å². The molecular weight excluding hydrogens is 500 g/mol. The van der Waals surface area contributed by atoms with Crippen molar-refractivity contribution in [1.29, 1.82) is 0 Å². The van der Waals surface area contributed by atoms with E-state index in [0.29, 0.717) is 17.3 Å². The lowest BCUT2D eigenvalue weighted by molar-refractivity contribution is 0.160. The van der Waals surface area contributed by atoms with Crippen molar-refractivity contribution in [2.45, 2.75) is 55.7 Å². The summed E-state index contributed by atoms with van der Waals surface area (Å²) in [5.41, 5.74) is 2.76. The summed E-state index contributed by atoms with van der Waals surface area (Å²) in [7, 11) is -0.459. The molecule has 2 aromatic carbocycles. The monoisotopic (exact) mass is 536 g/mol. The van der Waals surface area contributed by atoms with E-state index in [0.717, 1.165) is 41.0 Å². The standard InChI is InChI=1S/C30H36N2O5S/c1-6-29(31-15-14-22-17-25(35-4)20-26(18-22)36-5)37-24-10-12-27(13-11-24)38(33,34)30-28(21(2)3)19-23-9-7-8-16-32(23)30/h7-13,16-21,29,31H,6,14-15H2,1-5H3. The molecular formula is C30H36N2O5S. The lowest BCUT2D eigenvalue weighted by Crippen LogP contribution is -2.35. The molecule has 38 heavy (non-hydrogen) atoms. The second-order valence-corrected chi connectivity index (χ2v) is 11.3. The van der Waals surface area contributed by atoms with Crippen LogP contribution in [0.4, 0.5) is 0 Å². The molecule has 0 aliphatic rings. The fraction of sp³-hybridized carbons (Fsp3) is 0.333. The lowest BCUT2D eigenvalue weighted by atomic mass is 10.1. The van der Waals surface area contributed by atoms with E-state index in [1.807, 2.05) is 63.2 Å². The van der Waals surface area contributed by atoms with E-state index in [4.69, 9.17) is 14.2 Å².